The van der Waals surface area contributed by atoms with Gasteiger partial charge in [-0.25, -0.2) is 9.78 Å². The van der Waals surface area contributed by atoms with E-state index in [1.54, 1.807) is 12.4 Å². The van der Waals surface area contributed by atoms with Gasteiger partial charge >= 0.3 is 6.03 Å². The summed E-state index contributed by atoms with van der Waals surface area (Å²) in [7, 11) is 0. The third kappa shape index (κ3) is 2.81. The summed E-state index contributed by atoms with van der Waals surface area (Å²) < 4.78 is 1.48. The molecule has 0 spiro atoms. The number of nitrogens with one attached hydrogen (secondary N) is 1. The van der Waals surface area contributed by atoms with E-state index in [4.69, 9.17) is 0 Å². The van der Waals surface area contributed by atoms with Gasteiger partial charge in [-0.1, -0.05) is 19.8 Å². The molecule has 1 aliphatic carbocycles. The quantitative estimate of drug-likeness (QED) is 0.821. The molecule has 4 nitrogen and oxygen atoms in total. The maximum atomic E-state index is 11.7. The number of carbonyl (C=O) groups is 1. The maximum Gasteiger partial charge on any atom is 0.327 e. The van der Waals surface area contributed by atoms with Crippen molar-refractivity contribution in [3.8, 4) is 0 Å². The fourth-order valence-corrected chi connectivity index (χ4v) is 1.71. The Hall–Kier alpha value is -1.32. The van der Waals surface area contributed by atoms with Crippen molar-refractivity contribution in [2.75, 3.05) is 0 Å². The fourth-order valence-electron chi connectivity index (χ4n) is 1.71. The van der Waals surface area contributed by atoms with Crippen LogP contribution in [0.2, 0.25) is 0 Å². The molecule has 1 amide bonds. The minimum Gasteiger partial charge on any atom is -0.335 e. The molecule has 1 N–H and O–H groups in total. The average molecular weight is 207 g/mol. The van der Waals surface area contributed by atoms with Gasteiger partial charge in [0, 0.05) is 18.4 Å². The monoisotopic (exact) mass is 207 g/mol. The van der Waals surface area contributed by atoms with Crippen LogP contribution in [0.5, 0.6) is 0 Å². The van der Waals surface area contributed by atoms with Crippen LogP contribution in [0.25, 0.3) is 0 Å². The standard InChI is InChI=1S/C11H17N3O/c1-2-10(7-9-3-4-9)13-11(15)14-6-5-12-8-14/h5-6,8-10H,2-4,7H2,1H3,(H,13,15). The SMILES string of the molecule is CCC(CC1CC1)NC(=O)n1ccnc1. The Morgan fingerprint density at radius 3 is 3.00 bits per heavy atom. The molecule has 1 heterocycles. The van der Waals surface area contributed by atoms with Gasteiger partial charge in [0.05, 0.1) is 0 Å². The second kappa shape index (κ2) is 4.47. The predicted octanol–water partition coefficient (Wildman–Crippen LogP) is 2.02. The van der Waals surface area contributed by atoms with Crippen LogP contribution in [-0.2, 0) is 0 Å². The number of hydrogen-bond acceptors (Lipinski definition) is 2. The molecule has 1 aromatic heterocycles. The number of hydrogen-bond donors (Lipinski definition) is 1. The summed E-state index contributed by atoms with van der Waals surface area (Å²) in [5, 5.41) is 3.02. The fraction of sp³-hybridized carbons (Fsp3) is 0.636. The lowest BCUT2D eigenvalue weighted by atomic mass is 10.1. The highest BCUT2D eigenvalue weighted by molar-refractivity contribution is 5.76. The minimum absolute atomic E-state index is 0.0694. The van der Waals surface area contributed by atoms with E-state index in [-0.39, 0.29) is 6.03 Å². The lowest BCUT2D eigenvalue weighted by Gasteiger charge is -2.16. The number of amides is 1. The summed E-state index contributed by atoms with van der Waals surface area (Å²) in [6, 6.07) is 0.243. The predicted molar refractivity (Wildman–Crippen MR) is 57.6 cm³/mol. The molecule has 0 saturated heterocycles. The smallest absolute Gasteiger partial charge is 0.327 e. The molecule has 0 radical (unpaired) electrons. The first-order valence-electron chi connectivity index (χ1n) is 5.58. The van der Waals surface area contributed by atoms with E-state index in [0.717, 1.165) is 18.8 Å². The van der Waals surface area contributed by atoms with Crippen LogP contribution in [0.15, 0.2) is 18.7 Å². The van der Waals surface area contributed by atoms with Crippen molar-refractivity contribution in [2.24, 2.45) is 5.92 Å². The van der Waals surface area contributed by atoms with Gasteiger partial charge in [0.2, 0.25) is 0 Å². The van der Waals surface area contributed by atoms with Crippen molar-refractivity contribution in [3.05, 3.63) is 18.7 Å². The zero-order chi connectivity index (χ0) is 10.7. The molecule has 15 heavy (non-hydrogen) atoms. The summed E-state index contributed by atoms with van der Waals surface area (Å²) in [6.07, 6.45) is 9.59. The van der Waals surface area contributed by atoms with Crippen molar-refractivity contribution >= 4 is 6.03 Å². The van der Waals surface area contributed by atoms with Crippen LogP contribution >= 0.6 is 0 Å². The largest absolute Gasteiger partial charge is 0.335 e. The van der Waals surface area contributed by atoms with E-state index in [0.29, 0.717) is 6.04 Å². The average Bonchev–Trinajstić information content (AvgIpc) is 2.88. The maximum absolute atomic E-state index is 11.7. The Morgan fingerprint density at radius 2 is 2.47 bits per heavy atom. The molecule has 82 valence electrons. The van der Waals surface area contributed by atoms with Crippen molar-refractivity contribution in [1.82, 2.24) is 14.9 Å². The molecule has 0 aromatic carbocycles. The molecule has 1 atom stereocenters. The highest BCUT2D eigenvalue weighted by atomic mass is 16.2. The summed E-state index contributed by atoms with van der Waals surface area (Å²) >= 11 is 0. The molecule has 1 aliphatic rings. The number of carbonyl (C=O) groups excluding carboxylic acids is 1. The highest BCUT2D eigenvalue weighted by Crippen LogP contribution is 2.33. The van der Waals surface area contributed by atoms with Gasteiger partial charge in [-0.2, -0.15) is 0 Å². The second-order valence-corrected chi connectivity index (χ2v) is 4.20. The number of rotatable bonds is 4. The molecule has 1 saturated carbocycles. The lowest BCUT2D eigenvalue weighted by Crippen LogP contribution is -2.37. The van der Waals surface area contributed by atoms with E-state index >= 15 is 0 Å². The summed E-state index contributed by atoms with van der Waals surface area (Å²) in [4.78, 5) is 15.5. The van der Waals surface area contributed by atoms with Crippen molar-refractivity contribution in [2.45, 2.75) is 38.6 Å². The van der Waals surface area contributed by atoms with E-state index in [1.165, 1.54) is 23.7 Å². The lowest BCUT2D eigenvalue weighted by molar-refractivity contribution is 0.236. The van der Waals surface area contributed by atoms with Crippen LogP contribution in [-0.4, -0.2) is 21.6 Å². The molecule has 2 rings (SSSR count). The zero-order valence-electron chi connectivity index (χ0n) is 9.02. The van der Waals surface area contributed by atoms with Crippen LogP contribution < -0.4 is 5.32 Å². The van der Waals surface area contributed by atoms with Gasteiger partial charge in [-0.05, 0) is 18.8 Å². The normalized spacial score (nSPS) is 17.4. The van der Waals surface area contributed by atoms with Gasteiger partial charge < -0.3 is 5.32 Å². The van der Waals surface area contributed by atoms with Gasteiger partial charge in [-0.3, -0.25) is 4.57 Å². The van der Waals surface area contributed by atoms with Crippen molar-refractivity contribution < 1.29 is 4.79 Å². The summed E-state index contributed by atoms with van der Waals surface area (Å²) in [5.74, 6) is 0.845. The van der Waals surface area contributed by atoms with Gasteiger partial charge in [-0.15, -0.1) is 0 Å². The number of aromatic nitrogens is 2. The van der Waals surface area contributed by atoms with Crippen LogP contribution in [0.1, 0.15) is 32.6 Å². The third-order valence-electron chi connectivity index (χ3n) is 2.87. The second-order valence-electron chi connectivity index (χ2n) is 4.20. The molecule has 0 aliphatic heterocycles. The third-order valence-corrected chi connectivity index (χ3v) is 2.87. The van der Waals surface area contributed by atoms with Crippen molar-refractivity contribution in [1.29, 1.82) is 0 Å². The zero-order valence-corrected chi connectivity index (χ0v) is 9.02. The van der Waals surface area contributed by atoms with E-state index in [2.05, 4.69) is 17.2 Å². The summed E-state index contributed by atoms with van der Waals surface area (Å²) in [6.45, 7) is 2.11. The first-order chi connectivity index (χ1) is 7.29. The first kappa shape index (κ1) is 10.2. The van der Waals surface area contributed by atoms with Crippen LogP contribution in [0, 0.1) is 5.92 Å². The first-order valence-corrected chi connectivity index (χ1v) is 5.58. The van der Waals surface area contributed by atoms with Crippen LogP contribution in [0.3, 0.4) is 0 Å². The molecule has 4 heteroatoms. The Bertz CT molecular complexity index is 317. The molecule has 1 aromatic rings. The van der Waals surface area contributed by atoms with Gasteiger partial charge in [0.15, 0.2) is 0 Å². The highest BCUT2D eigenvalue weighted by Gasteiger charge is 2.25. The van der Waals surface area contributed by atoms with E-state index in [1.807, 2.05) is 0 Å². The van der Waals surface area contributed by atoms with E-state index < -0.39 is 0 Å². The molecule has 1 unspecified atom stereocenters. The van der Waals surface area contributed by atoms with Gasteiger partial charge in [0.1, 0.15) is 6.33 Å². The molecular weight excluding hydrogens is 190 g/mol. The topological polar surface area (TPSA) is 46.9 Å². The Morgan fingerprint density at radius 1 is 1.67 bits per heavy atom. The summed E-state index contributed by atoms with van der Waals surface area (Å²) in [5.41, 5.74) is 0. The van der Waals surface area contributed by atoms with Gasteiger partial charge in [0.25, 0.3) is 0 Å². The Labute approximate surface area is 89.7 Å². The molecule has 1 fully saturated rings. The Balaban J connectivity index is 1.85. The number of imidazole rings is 1. The number of nitrogens with zero attached hydrogens (tertiary/aromatic N) is 2. The van der Waals surface area contributed by atoms with Crippen LogP contribution in [0.4, 0.5) is 4.79 Å². The van der Waals surface area contributed by atoms with E-state index in [9.17, 15) is 4.79 Å². The minimum atomic E-state index is -0.0694. The molecular formula is C11H17N3O. The van der Waals surface area contributed by atoms with Crippen molar-refractivity contribution in [3.63, 3.8) is 0 Å². The Kier molecular flexibility index (Phi) is 3.04. The molecule has 0 bridgehead atoms.